The van der Waals surface area contributed by atoms with Crippen LogP contribution in [-0.4, -0.2) is 33.0 Å². The van der Waals surface area contributed by atoms with Gasteiger partial charge in [0.1, 0.15) is 5.60 Å². The number of halogens is 1. The molecule has 4 nitrogen and oxygen atoms in total. The third-order valence-corrected chi connectivity index (χ3v) is 4.08. The van der Waals surface area contributed by atoms with Gasteiger partial charge in [0.15, 0.2) is 0 Å². The zero-order valence-corrected chi connectivity index (χ0v) is 14.5. The zero-order valence-electron chi connectivity index (χ0n) is 12.9. The number of alkyl halides is 1. The fourth-order valence-corrected chi connectivity index (χ4v) is 3.31. The summed E-state index contributed by atoms with van der Waals surface area (Å²) in [6.45, 7) is 5.71. The molecule has 1 aromatic heterocycles. The van der Waals surface area contributed by atoms with Crippen LogP contribution in [0.25, 0.3) is 0 Å². The Balaban J connectivity index is 2.22. The van der Waals surface area contributed by atoms with E-state index in [0.29, 0.717) is 0 Å². The molecule has 0 spiro atoms. The number of carbonyl (C=O) groups excluding carboxylic acids is 1. The number of amides is 1. The summed E-state index contributed by atoms with van der Waals surface area (Å²) in [4.78, 5) is 18.7. The van der Waals surface area contributed by atoms with Crippen molar-refractivity contribution in [2.45, 2.75) is 57.7 Å². The number of carbonyl (C=O) groups is 1. The van der Waals surface area contributed by atoms with Crippen molar-refractivity contribution in [1.29, 1.82) is 0 Å². The molecule has 0 N–H and O–H groups in total. The van der Waals surface area contributed by atoms with E-state index in [4.69, 9.17) is 4.74 Å². The summed E-state index contributed by atoms with van der Waals surface area (Å²) < 4.78 is 5.60. The van der Waals surface area contributed by atoms with Crippen molar-refractivity contribution >= 4 is 22.0 Å². The maximum absolute atomic E-state index is 12.6. The Morgan fingerprint density at radius 1 is 1.48 bits per heavy atom. The quantitative estimate of drug-likeness (QED) is 0.759. The molecule has 0 bridgehead atoms. The Kier molecular flexibility index (Phi) is 5.25. The van der Waals surface area contributed by atoms with Crippen LogP contribution in [0.4, 0.5) is 4.79 Å². The highest BCUT2D eigenvalue weighted by molar-refractivity contribution is 9.09. The third kappa shape index (κ3) is 4.19. The number of hydrogen-bond donors (Lipinski definition) is 0. The zero-order chi connectivity index (χ0) is 15.5. The second-order valence-electron chi connectivity index (χ2n) is 6.40. The van der Waals surface area contributed by atoms with Crippen LogP contribution in [-0.2, 0) is 4.74 Å². The molecule has 1 saturated heterocycles. The van der Waals surface area contributed by atoms with E-state index in [2.05, 4.69) is 20.9 Å². The first kappa shape index (κ1) is 16.3. The predicted octanol–water partition coefficient (Wildman–Crippen LogP) is 4.31. The lowest BCUT2D eigenvalue weighted by Crippen LogP contribution is -2.41. The topological polar surface area (TPSA) is 42.4 Å². The Hall–Kier alpha value is -1.10. The van der Waals surface area contributed by atoms with Gasteiger partial charge >= 0.3 is 6.09 Å². The van der Waals surface area contributed by atoms with Crippen LogP contribution in [0.15, 0.2) is 24.5 Å². The van der Waals surface area contributed by atoms with Crippen LogP contribution >= 0.6 is 15.9 Å². The molecule has 1 aromatic rings. The summed E-state index contributed by atoms with van der Waals surface area (Å²) in [5.74, 6) is 0. The average Bonchev–Trinajstić information content (AvgIpc) is 2.82. The maximum Gasteiger partial charge on any atom is 0.411 e. The number of rotatable bonds is 3. The second kappa shape index (κ2) is 6.77. The molecule has 1 amide bonds. The van der Waals surface area contributed by atoms with Gasteiger partial charge in [0.25, 0.3) is 0 Å². The van der Waals surface area contributed by atoms with Gasteiger partial charge in [0.05, 0.1) is 6.04 Å². The minimum absolute atomic E-state index is 0.0672. The average molecular weight is 355 g/mol. The number of likely N-dealkylation sites (tertiary alicyclic amines) is 1. The first-order chi connectivity index (χ1) is 9.92. The molecule has 1 fully saturated rings. The Morgan fingerprint density at radius 3 is 2.81 bits per heavy atom. The molecule has 0 radical (unpaired) electrons. The van der Waals surface area contributed by atoms with Crippen molar-refractivity contribution in [2.24, 2.45) is 0 Å². The highest BCUT2D eigenvalue weighted by atomic mass is 79.9. The monoisotopic (exact) mass is 354 g/mol. The van der Waals surface area contributed by atoms with Gasteiger partial charge in [0.2, 0.25) is 0 Å². The van der Waals surface area contributed by atoms with Gasteiger partial charge in [0, 0.05) is 23.8 Å². The standard InChI is InChI=1S/C16H23BrN2O2/c1-16(2,3)21-15(20)19-13(8-9-17)6-7-14(19)12-5-4-10-18-11-12/h4-5,10-11,13-14H,6-9H2,1-3H3/t13-,14+/m0/s1. The molecular formula is C16H23BrN2O2. The van der Waals surface area contributed by atoms with Crippen LogP contribution in [0, 0.1) is 0 Å². The number of hydrogen-bond acceptors (Lipinski definition) is 3. The van der Waals surface area contributed by atoms with E-state index >= 15 is 0 Å². The molecule has 116 valence electrons. The highest BCUT2D eigenvalue weighted by Gasteiger charge is 2.39. The van der Waals surface area contributed by atoms with Crippen LogP contribution in [0.5, 0.6) is 0 Å². The molecular weight excluding hydrogens is 332 g/mol. The lowest BCUT2D eigenvalue weighted by atomic mass is 10.1. The first-order valence-electron chi connectivity index (χ1n) is 7.39. The summed E-state index contributed by atoms with van der Waals surface area (Å²) in [5.41, 5.74) is 0.610. The van der Waals surface area contributed by atoms with Crippen molar-refractivity contribution in [3.63, 3.8) is 0 Å². The smallest absolute Gasteiger partial charge is 0.411 e. The van der Waals surface area contributed by atoms with Crippen molar-refractivity contribution in [3.8, 4) is 0 Å². The predicted molar refractivity (Wildman–Crippen MR) is 86.5 cm³/mol. The fourth-order valence-electron chi connectivity index (χ4n) is 2.78. The Labute approximate surface area is 135 Å². The van der Waals surface area contributed by atoms with Gasteiger partial charge in [-0.1, -0.05) is 22.0 Å². The number of pyridine rings is 1. The van der Waals surface area contributed by atoms with Crippen LogP contribution in [0.2, 0.25) is 0 Å². The minimum atomic E-state index is -0.474. The first-order valence-corrected chi connectivity index (χ1v) is 8.51. The van der Waals surface area contributed by atoms with Crippen molar-refractivity contribution in [2.75, 3.05) is 5.33 Å². The number of ether oxygens (including phenoxy) is 1. The van der Waals surface area contributed by atoms with Crippen LogP contribution in [0.3, 0.4) is 0 Å². The number of aromatic nitrogens is 1. The maximum atomic E-state index is 12.6. The summed E-state index contributed by atoms with van der Waals surface area (Å²) >= 11 is 3.48. The fraction of sp³-hybridized carbons (Fsp3) is 0.625. The van der Waals surface area contributed by atoms with Gasteiger partial charge in [-0.15, -0.1) is 0 Å². The third-order valence-electron chi connectivity index (χ3n) is 3.62. The van der Waals surface area contributed by atoms with E-state index < -0.39 is 5.60 Å². The van der Waals surface area contributed by atoms with Gasteiger partial charge in [-0.3, -0.25) is 9.88 Å². The molecule has 2 heterocycles. The minimum Gasteiger partial charge on any atom is -0.444 e. The lowest BCUT2D eigenvalue weighted by Gasteiger charge is -2.32. The molecule has 0 unspecified atom stereocenters. The molecule has 2 rings (SSSR count). The van der Waals surface area contributed by atoms with E-state index in [1.165, 1.54) is 0 Å². The van der Waals surface area contributed by atoms with E-state index in [0.717, 1.165) is 30.2 Å². The molecule has 0 saturated carbocycles. The summed E-state index contributed by atoms with van der Waals surface area (Å²) in [7, 11) is 0. The lowest BCUT2D eigenvalue weighted by molar-refractivity contribution is 0.0141. The van der Waals surface area contributed by atoms with Gasteiger partial charge < -0.3 is 4.74 Å². The molecule has 1 aliphatic heterocycles. The Bertz CT molecular complexity index is 473. The van der Waals surface area contributed by atoms with E-state index in [1.54, 1.807) is 6.20 Å². The molecule has 0 aliphatic carbocycles. The van der Waals surface area contributed by atoms with E-state index in [-0.39, 0.29) is 18.2 Å². The van der Waals surface area contributed by atoms with Crippen LogP contribution in [0.1, 0.15) is 51.6 Å². The molecule has 2 atom stereocenters. The van der Waals surface area contributed by atoms with E-state index in [9.17, 15) is 4.79 Å². The molecule has 5 heteroatoms. The SMILES string of the molecule is CC(C)(C)OC(=O)N1[C@H](CCBr)CC[C@@H]1c1cccnc1. The van der Waals surface area contributed by atoms with Gasteiger partial charge in [-0.2, -0.15) is 0 Å². The normalized spacial score (nSPS) is 22.4. The Morgan fingerprint density at radius 2 is 2.24 bits per heavy atom. The van der Waals surface area contributed by atoms with Gasteiger partial charge in [-0.25, -0.2) is 4.79 Å². The van der Waals surface area contributed by atoms with Crippen molar-refractivity contribution in [1.82, 2.24) is 9.88 Å². The molecule has 21 heavy (non-hydrogen) atoms. The largest absolute Gasteiger partial charge is 0.444 e. The van der Waals surface area contributed by atoms with Gasteiger partial charge in [-0.05, 0) is 51.7 Å². The van der Waals surface area contributed by atoms with Crippen LogP contribution < -0.4 is 0 Å². The molecule has 0 aromatic carbocycles. The number of nitrogens with zero attached hydrogens (tertiary/aromatic N) is 2. The van der Waals surface area contributed by atoms with Crippen molar-refractivity contribution in [3.05, 3.63) is 30.1 Å². The highest BCUT2D eigenvalue weighted by Crippen LogP contribution is 2.38. The summed E-state index contributed by atoms with van der Waals surface area (Å²) in [6, 6.07) is 4.24. The molecule has 1 aliphatic rings. The summed E-state index contributed by atoms with van der Waals surface area (Å²) in [5, 5.41) is 0.886. The van der Waals surface area contributed by atoms with E-state index in [1.807, 2.05) is 44.0 Å². The summed E-state index contributed by atoms with van der Waals surface area (Å²) in [6.07, 6.45) is 6.29. The second-order valence-corrected chi connectivity index (χ2v) is 7.19. The van der Waals surface area contributed by atoms with Crippen molar-refractivity contribution < 1.29 is 9.53 Å².